The largest absolute Gasteiger partial charge is 0.356 e. The molecule has 0 atom stereocenters. The number of aromatic nitrogens is 3. The number of aryl methyl sites for hydroxylation is 2. The zero-order chi connectivity index (χ0) is 17.7. The Morgan fingerprint density at radius 3 is 2.58 bits per heavy atom. The fourth-order valence-electron chi connectivity index (χ4n) is 2.74. The highest BCUT2D eigenvalue weighted by Crippen LogP contribution is 2.05. The highest BCUT2D eigenvalue weighted by atomic mass is 127. The summed E-state index contributed by atoms with van der Waals surface area (Å²) in [6.07, 6.45) is 7.44. The molecule has 144 valence electrons. The Kier molecular flexibility index (Phi) is 11.7. The van der Waals surface area contributed by atoms with Crippen molar-refractivity contribution >= 4 is 29.9 Å². The number of aliphatic imine (C=N–C) groups is 1. The molecule has 0 aliphatic rings. The Morgan fingerprint density at radius 1 is 1.08 bits per heavy atom. The monoisotopic (exact) mass is 470 g/mol. The van der Waals surface area contributed by atoms with Crippen LogP contribution >= 0.6 is 24.0 Å². The third-order valence-electron chi connectivity index (χ3n) is 4.16. The first-order valence-corrected chi connectivity index (χ1v) is 9.18. The van der Waals surface area contributed by atoms with E-state index in [0.717, 1.165) is 50.7 Å². The Labute approximate surface area is 173 Å². The van der Waals surface area contributed by atoms with Crippen LogP contribution in [0.5, 0.6) is 0 Å². The third-order valence-corrected chi connectivity index (χ3v) is 4.16. The van der Waals surface area contributed by atoms with Gasteiger partial charge in [0.2, 0.25) is 0 Å². The number of benzene rings is 1. The van der Waals surface area contributed by atoms with Crippen LogP contribution in [0.25, 0.3) is 0 Å². The zero-order valence-electron chi connectivity index (χ0n) is 15.8. The molecule has 0 radical (unpaired) electrons. The van der Waals surface area contributed by atoms with Crippen LogP contribution in [0.15, 0.2) is 41.7 Å². The minimum absolute atomic E-state index is 0. The van der Waals surface area contributed by atoms with Crippen LogP contribution in [-0.4, -0.2) is 40.9 Å². The van der Waals surface area contributed by atoms with Gasteiger partial charge in [0, 0.05) is 33.1 Å². The van der Waals surface area contributed by atoms with E-state index in [9.17, 15) is 0 Å². The van der Waals surface area contributed by atoms with Gasteiger partial charge in [-0.05, 0) is 24.8 Å². The minimum atomic E-state index is 0. The highest BCUT2D eigenvalue weighted by Gasteiger charge is 2.02. The van der Waals surface area contributed by atoms with Gasteiger partial charge in [-0.25, -0.2) is 0 Å². The number of halogens is 1. The van der Waals surface area contributed by atoms with Crippen molar-refractivity contribution in [3.05, 3.63) is 48.0 Å². The predicted molar refractivity (Wildman–Crippen MR) is 118 cm³/mol. The van der Waals surface area contributed by atoms with Gasteiger partial charge in [0.25, 0.3) is 0 Å². The van der Waals surface area contributed by atoms with Crippen molar-refractivity contribution in [2.24, 2.45) is 4.99 Å². The van der Waals surface area contributed by atoms with Crippen LogP contribution in [0.2, 0.25) is 0 Å². The molecular weight excluding hydrogens is 439 g/mol. The van der Waals surface area contributed by atoms with Gasteiger partial charge in [0.15, 0.2) is 5.96 Å². The molecule has 2 rings (SSSR count). The van der Waals surface area contributed by atoms with E-state index in [-0.39, 0.29) is 24.0 Å². The molecule has 2 aromatic rings. The molecule has 1 heterocycles. The number of nitrogens with one attached hydrogen (secondary N) is 2. The van der Waals surface area contributed by atoms with Gasteiger partial charge in [-0.1, -0.05) is 43.7 Å². The molecule has 2 N–H and O–H groups in total. The standard InChI is InChI=1S/C19H30N6.HI/c1-3-18-24-23-16-25(18)15-14-22-19(20-2)21-13-9-5-8-12-17-10-6-4-7-11-17;/h4,6-7,10-11,16H,3,5,8-9,12-15H2,1-2H3,(H2,20,21,22);1H. The van der Waals surface area contributed by atoms with E-state index in [1.54, 1.807) is 13.4 Å². The summed E-state index contributed by atoms with van der Waals surface area (Å²) in [6, 6.07) is 10.7. The Hall–Kier alpha value is -1.64. The van der Waals surface area contributed by atoms with Crippen molar-refractivity contribution < 1.29 is 0 Å². The van der Waals surface area contributed by atoms with Gasteiger partial charge in [-0.2, -0.15) is 0 Å². The molecule has 0 bridgehead atoms. The molecule has 0 unspecified atom stereocenters. The van der Waals surface area contributed by atoms with Crippen LogP contribution in [0, 0.1) is 0 Å². The fourth-order valence-corrected chi connectivity index (χ4v) is 2.74. The van der Waals surface area contributed by atoms with Crippen LogP contribution in [0.3, 0.4) is 0 Å². The molecule has 26 heavy (non-hydrogen) atoms. The van der Waals surface area contributed by atoms with Gasteiger partial charge in [0.05, 0.1) is 0 Å². The van der Waals surface area contributed by atoms with E-state index >= 15 is 0 Å². The summed E-state index contributed by atoms with van der Waals surface area (Å²) in [5, 5.41) is 14.8. The lowest BCUT2D eigenvalue weighted by Gasteiger charge is -2.12. The smallest absolute Gasteiger partial charge is 0.191 e. The molecule has 0 saturated carbocycles. The summed E-state index contributed by atoms with van der Waals surface area (Å²) in [5.41, 5.74) is 1.42. The summed E-state index contributed by atoms with van der Waals surface area (Å²) in [6.45, 7) is 4.68. The Bertz CT molecular complexity index is 626. The van der Waals surface area contributed by atoms with Crippen molar-refractivity contribution in [2.75, 3.05) is 20.1 Å². The predicted octanol–water partition coefficient (Wildman–Crippen LogP) is 3.04. The van der Waals surface area contributed by atoms with Gasteiger partial charge in [-0.3, -0.25) is 4.99 Å². The molecule has 0 aliphatic carbocycles. The normalized spacial score (nSPS) is 11.1. The number of hydrogen-bond donors (Lipinski definition) is 2. The molecular formula is C19H31IN6. The Balaban J connectivity index is 0.00000338. The second-order valence-corrected chi connectivity index (χ2v) is 6.02. The number of rotatable bonds is 10. The fraction of sp³-hybridized carbons (Fsp3) is 0.526. The number of unbranched alkanes of at least 4 members (excludes halogenated alkanes) is 2. The molecule has 1 aromatic heterocycles. The highest BCUT2D eigenvalue weighted by molar-refractivity contribution is 14.0. The summed E-state index contributed by atoms with van der Waals surface area (Å²) >= 11 is 0. The summed E-state index contributed by atoms with van der Waals surface area (Å²) in [5.74, 6) is 1.87. The second-order valence-electron chi connectivity index (χ2n) is 6.02. The van der Waals surface area contributed by atoms with E-state index in [4.69, 9.17) is 0 Å². The van der Waals surface area contributed by atoms with Gasteiger partial charge < -0.3 is 15.2 Å². The average Bonchev–Trinajstić information content (AvgIpc) is 3.11. The van der Waals surface area contributed by atoms with Crippen molar-refractivity contribution in [3.63, 3.8) is 0 Å². The molecule has 0 fully saturated rings. The van der Waals surface area contributed by atoms with Crippen LogP contribution in [0.1, 0.15) is 37.6 Å². The van der Waals surface area contributed by atoms with Crippen molar-refractivity contribution in [1.82, 2.24) is 25.4 Å². The molecule has 6 nitrogen and oxygen atoms in total. The van der Waals surface area contributed by atoms with Gasteiger partial charge in [0.1, 0.15) is 12.2 Å². The number of guanidine groups is 1. The quantitative estimate of drug-likeness (QED) is 0.243. The van der Waals surface area contributed by atoms with E-state index in [1.165, 1.54) is 18.4 Å². The summed E-state index contributed by atoms with van der Waals surface area (Å²) in [7, 11) is 1.81. The summed E-state index contributed by atoms with van der Waals surface area (Å²) < 4.78 is 2.07. The lowest BCUT2D eigenvalue weighted by atomic mass is 10.1. The van der Waals surface area contributed by atoms with Crippen molar-refractivity contribution in [1.29, 1.82) is 0 Å². The molecule has 0 spiro atoms. The molecule has 7 heteroatoms. The first-order valence-electron chi connectivity index (χ1n) is 9.18. The first-order chi connectivity index (χ1) is 12.3. The van der Waals surface area contributed by atoms with E-state index in [0.29, 0.717) is 0 Å². The zero-order valence-corrected chi connectivity index (χ0v) is 18.1. The lowest BCUT2D eigenvalue weighted by molar-refractivity contribution is 0.623. The van der Waals surface area contributed by atoms with Crippen molar-refractivity contribution in [2.45, 2.75) is 45.6 Å². The topological polar surface area (TPSA) is 67.1 Å². The number of hydrogen-bond acceptors (Lipinski definition) is 3. The molecule has 0 saturated heterocycles. The maximum absolute atomic E-state index is 4.27. The SMILES string of the molecule is CCc1nncn1CCNC(=NC)NCCCCCc1ccccc1.I. The average molecular weight is 470 g/mol. The third kappa shape index (κ3) is 8.16. The summed E-state index contributed by atoms with van der Waals surface area (Å²) in [4.78, 5) is 4.27. The Morgan fingerprint density at radius 2 is 1.85 bits per heavy atom. The van der Waals surface area contributed by atoms with Crippen LogP contribution in [0.4, 0.5) is 0 Å². The lowest BCUT2D eigenvalue weighted by Crippen LogP contribution is -2.39. The minimum Gasteiger partial charge on any atom is -0.356 e. The molecule has 0 aliphatic heterocycles. The van der Waals surface area contributed by atoms with Gasteiger partial charge >= 0.3 is 0 Å². The van der Waals surface area contributed by atoms with Crippen LogP contribution < -0.4 is 10.6 Å². The number of nitrogens with zero attached hydrogens (tertiary/aromatic N) is 4. The van der Waals surface area contributed by atoms with Crippen LogP contribution in [-0.2, 0) is 19.4 Å². The second kappa shape index (κ2) is 13.5. The molecule has 0 amide bonds. The van der Waals surface area contributed by atoms with Crippen molar-refractivity contribution in [3.8, 4) is 0 Å². The van der Waals surface area contributed by atoms with Gasteiger partial charge in [-0.15, -0.1) is 34.2 Å². The maximum Gasteiger partial charge on any atom is 0.191 e. The first kappa shape index (κ1) is 22.4. The van der Waals surface area contributed by atoms with E-state index in [2.05, 4.69) is 67.6 Å². The maximum atomic E-state index is 4.27. The van der Waals surface area contributed by atoms with E-state index < -0.39 is 0 Å². The molecule has 1 aromatic carbocycles. The van der Waals surface area contributed by atoms with E-state index in [1.807, 2.05) is 0 Å².